The minimum atomic E-state index is 0.0217. The zero-order chi connectivity index (χ0) is 16.2. The third kappa shape index (κ3) is 6.94. The van der Waals surface area contributed by atoms with Crippen LogP contribution in [0.5, 0.6) is 5.75 Å². The molecule has 0 radical (unpaired) electrons. The molecule has 1 N–H and O–H groups in total. The monoisotopic (exact) mass is 306 g/mol. The Labute approximate surface area is 134 Å². The molecule has 0 unspecified atom stereocenters. The minimum absolute atomic E-state index is 0.0217. The van der Waals surface area contributed by atoms with Crippen molar-refractivity contribution in [2.75, 3.05) is 32.1 Å². The van der Waals surface area contributed by atoms with Crippen LogP contribution in [0, 0.1) is 0 Å². The average molecular weight is 306 g/mol. The summed E-state index contributed by atoms with van der Waals surface area (Å²) in [5, 5.41) is 2.95. The van der Waals surface area contributed by atoms with Gasteiger partial charge in [0.2, 0.25) is 5.91 Å². The van der Waals surface area contributed by atoms with E-state index in [2.05, 4.69) is 24.1 Å². The van der Waals surface area contributed by atoms with Crippen molar-refractivity contribution < 1.29 is 9.53 Å². The quantitative estimate of drug-likeness (QED) is 0.630. The first-order valence-electron chi connectivity index (χ1n) is 8.36. The predicted octanol–water partition coefficient (Wildman–Crippen LogP) is 3.93. The van der Waals surface area contributed by atoms with Gasteiger partial charge in [0, 0.05) is 0 Å². The zero-order valence-electron chi connectivity index (χ0n) is 14.2. The van der Waals surface area contributed by atoms with Crippen molar-refractivity contribution in [1.82, 2.24) is 4.90 Å². The molecule has 0 aromatic heterocycles. The van der Waals surface area contributed by atoms with Crippen molar-refractivity contribution in [2.45, 2.75) is 46.0 Å². The normalized spacial score (nSPS) is 10.7. The molecule has 0 atom stereocenters. The number of benzene rings is 1. The SMILES string of the molecule is CCCCCCN(CCC)CC(=O)Nc1ccccc1OC. The van der Waals surface area contributed by atoms with Crippen molar-refractivity contribution in [2.24, 2.45) is 0 Å². The highest BCUT2D eigenvalue weighted by Crippen LogP contribution is 2.22. The number of rotatable bonds is 11. The lowest BCUT2D eigenvalue weighted by molar-refractivity contribution is -0.117. The van der Waals surface area contributed by atoms with Gasteiger partial charge in [0.15, 0.2) is 0 Å². The Bertz CT molecular complexity index is 435. The highest BCUT2D eigenvalue weighted by molar-refractivity contribution is 5.93. The third-order valence-electron chi connectivity index (χ3n) is 3.62. The maximum atomic E-state index is 12.2. The number of nitrogens with one attached hydrogen (secondary N) is 1. The van der Waals surface area contributed by atoms with Gasteiger partial charge in [-0.05, 0) is 38.1 Å². The van der Waals surface area contributed by atoms with Crippen LogP contribution in [-0.2, 0) is 4.79 Å². The Morgan fingerprint density at radius 3 is 2.55 bits per heavy atom. The molecule has 124 valence electrons. The van der Waals surface area contributed by atoms with Crippen LogP contribution in [0.15, 0.2) is 24.3 Å². The van der Waals surface area contributed by atoms with Crippen LogP contribution in [0.2, 0.25) is 0 Å². The standard InChI is InChI=1S/C18H30N2O2/c1-4-6-7-10-14-20(13-5-2)15-18(21)19-16-11-8-9-12-17(16)22-3/h8-9,11-12H,4-7,10,13-15H2,1-3H3,(H,19,21). The molecule has 0 aliphatic heterocycles. The van der Waals surface area contributed by atoms with Gasteiger partial charge in [-0.25, -0.2) is 0 Å². The zero-order valence-corrected chi connectivity index (χ0v) is 14.2. The summed E-state index contributed by atoms with van der Waals surface area (Å²) in [6.45, 7) is 6.76. The van der Waals surface area contributed by atoms with Gasteiger partial charge in [0.05, 0.1) is 19.3 Å². The second kappa shape index (κ2) is 11.1. The van der Waals surface area contributed by atoms with Crippen LogP contribution in [-0.4, -0.2) is 37.6 Å². The van der Waals surface area contributed by atoms with Crippen LogP contribution in [0.4, 0.5) is 5.69 Å². The summed E-state index contributed by atoms with van der Waals surface area (Å²) in [4.78, 5) is 14.5. The number of nitrogens with zero attached hydrogens (tertiary/aromatic N) is 1. The molecule has 0 saturated heterocycles. The van der Waals surface area contributed by atoms with E-state index in [1.165, 1.54) is 19.3 Å². The Morgan fingerprint density at radius 2 is 1.86 bits per heavy atom. The smallest absolute Gasteiger partial charge is 0.238 e. The maximum absolute atomic E-state index is 12.2. The largest absolute Gasteiger partial charge is 0.495 e. The van der Waals surface area contributed by atoms with Crippen LogP contribution in [0.3, 0.4) is 0 Å². The van der Waals surface area contributed by atoms with E-state index < -0.39 is 0 Å². The number of methoxy groups -OCH3 is 1. The van der Waals surface area contributed by atoms with Gasteiger partial charge in [0.1, 0.15) is 5.75 Å². The van der Waals surface area contributed by atoms with Crippen LogP contribution in [0.1, 0.15) is 46.0 Å². The van der Waals surface area contributed by atoms with E-state index in [-0.39, 0.29) is 5.91 Å². The fourth-order valence-electron chi connectivity index (χ4n) is 2.49. The van der Waals surface area contributed by atoms with Crippen molar-refractivity contribution in [1.29, 1.82) is 0 Å². The Balaban J connectivity index is 2.48. The number of anilines is 1. The van der Waals surface area contributed by atoms with Crippen molar-refractivity contribution in [3.05, 3.63) is 24.3 Å². The number of ether oxygens (including phenoxy) is 1. The first-order valence-corrected chi connectivity index (χ1v) is 8.36. The van der Waals surface area contributed by atoms with Crippen molar-refractivity contribution in [3.63, 3.8) is 0 Å². The number of carbonyl (C=O) groups excluding carboxylic acids is 1. The molecule has 4 nitrogen and oxygen atoms in total. The molecule has 1 aromatic rings. The van der Waals surface area contributed by atoms with E-state index in [0.29, 0.717) is 12.3 Å². The fraction of sp³-hybridized carbons (Fsp3) is 0.611. The van der Waals surface area contributed by atoms with Gasteiger partial charge in [-0.15, -0.1) is 0 Å². The first-order chi connectivity index (χ1) is 10.7. The van der Waals surface area contributed by atoms with Gasteiger partial charge in [-0.1, -0.05) is 45.2 Å². The predicted molar refractivity (Wildman–Crippen MR) is 92.5 cm³/mol. The molecule has 22 heavy (non-hydrogen) atoms. The molecule has 0 fully saturated rings. The van der Waals surface area contributed by atoms with Gasteiger partial charge in [-0.2, -0.15) is 0 Å². The maximum Gasteiger partial charge on any atom is 0.238 e. The summed E-state index contributed by atoms with van der Waals surface area (Å²) >= 11 is 0. The molecule has 1 rings (SSSR count). The summed E-state index contributed by atoms with van der Waals surface area (Å²) < 4.78 is 5.26. The van der Waals surface area contributed by atoms with Gasteiger partial charge in [0.25, 0.3) is 0 Å². The summed E-state index contributed by atoms with van der Waals surface area (Å²) in [6, 6.07) is 7.50. The second-order valence-electron chi connectivity index (χ2n) is 5.59. The molecule has 0 aliphatic carbocycles. The number of carbonyl (C=O) groups is 1. The molecule has 4 heteroatoms. The molecule has 0 heterocycles. The van der Waals surface area contributed by atoms with E-state index in [1.807, 2.05) is 24.3 Å². The molecule has 0 bridgehead atoms. The van der Waals surface area contributed by atoms with E-state index in [0.717, 1.165) is 31.6 Å². The molecule has 1 aromatic carbocycles. The van der Waals surface area contributed by atoms with Gasteiger partial charge in [-0.3, -0.25) is 9.69 Å². The minimum Gasteiger partial charge on any atom is -0.495 e. The summed E-state index contributed by atoms with van der Waals surface area (Å²) in [5.74, 6) is 0.717. The Morgan fingerprint density at radius 1 is 1.09 bits per heavy atom. The molecule has 0 aliphatic rings. The van der Waals surface area contributed by atoms with E-state index >= 15 is 0 Å². The van der Waals surface area contributed by atoms with Gasteiger partial charge >= 0.3 is 0 Å². The van der Waals surface area contributed by atoms with E-state index in [9.17, 15) is 4.79 Å². The van der Waals surface area contributed by atoms with Crippen LogP contribution in [0.25, 0.3) is 0 Å². The highest BCUT2D eigenvalue weighted by Gasteiger charge is 2.11. The molecular weight excluding hydrogens is 276 g/mol. The molecule has 0 saturated carbocycles. The van der Waals surface area contributed by atoms with Crippen LogP contribution >= 0.6 is 0 Å². The summed E-state index contributed by atoms with van der Waals surface area (Å²) in [6.07, 6.45) is 5.98. The molecule has 0 spiro atoms. The van der Waals surface area contributed by atoms with Crippen molar-refractivity contribution >= 4 is 11.6 Å². The Hall–Kier alpha value is -1.55. The average Bonchev–Trinajstić information content (AvgIpc) is 2.52. The number of hydrogen-bond donors (Lipinski definition) is 1. The Kier molecular flexibility index (Phi) is 9.31. The first kappa shape index (κ1) is 18.5. The topological polar surface area (TPSA) is 41.6 Å². The van der Waals surface area contributed by atoms with Crippen molar-refractivity contribution in [3.8, 4) is 5.75 Å². The summed E-state index contributed by atoms with van der Waals surface area (Å²) in [7, 11) is 1.61. The van der Waals surface area contributed by atoms with E-state index in [4.69, 9.17) is 4.74 Å². The fourth-order valence-corrected chi connectivity index (χ4v) is 2.49. The lowest BCUT2D eigenvalue weighted by atomic mass is 10.2. The lowest BCUT2D eigenvalue weighted by Crippen LogP contribution is -2.34. The summed E-state index contributed by atoms with van der Waals surface area (Å²) in [5.41, 5.74) is 0.734. The number of hydrogen-bond acceptors (Lipinski definition) is 3. The van der Waals surface area contributed by atoms with Gasteiger partial charge < -0.3 is 10.1 Å². The molecule has 1 amide bonds. The number of para-hydroxylation sites is 2. The molecular formula is C18H30N2O2. The number of amides is 1. The van der Waals surface area contributed by atoms with E-state index in [1.54, 1.807) is 7.11 Å². The number of unbranched alkanes of at least 4 members (excludes halogenated alkanes) is 3. The van der Waals surface area contributed by atoms with Crippen LogP contribution < -0.4 is 10.1 Å². The highest BCUT2D eigenvalue weighted by atomic mass is 16.5. The second-order valence-corrected chi connectivity index (χ2v) is 5.59. The lowest BCUT2D eigenvalue weighted by Gasteiger charge is -2.21. The third-order valence-corrected chi connectivity index (χ3v) is 3.62.